The van der Waals surface area contributed by atoms with Crippen molar-refractivity contribution < 1.29 is 9.53 Å². The van der Waals surface area contributed by atoms with Gasteiger partial charge >= 0.3 is 0 Å². The molecule has 0 N–H and O–H groups in total. The van der Waals surface area contributed by atoms with Crippen LogP contribution in [0.1, 0.15) is 17.0 Å². The molecule has 1 aliphatic rings. The van der Waals surface area contributed by atoms with Crippen LogP contribution in [0.2, 0.25) is 0 Å². The van der Waals surface area contributed by atoms with Gasteiger partial charge in [0.25, 0.3) is 0 Å². The van der Waals surface area contributed by atoms with E-state index in [2.05, 4.69) is 15.1 Å². The summed E-state index contributed by atoms with van der Waals surface area (Å²) in [6.07, 6.45) is 0. The predicted molar refractivity (Wildman–Crippen MR) is 138 cm³/mol. The van der Waals surface area contributed by atoms with Gasteiger partial charge in [-0.1, -0.05) is 60.7 Å². The molecule has 35 heavy (non-hydrogen) atoms. The SMILES string of the molecule is COc1ccc(-c2ccc(N3CCN(C(=O)C(c4ccccc4)c4ccccc4)CC3)nn2)cc1. The van der Waals surface area contributed by atoms with Crippen molar-refractivity contribution in [2.45, 2.75) is 5.92 Å². The Hall–Kier alpha value is -4.19. The number of hydrogen-bond donors (Lipinski definition) is 0. The van der Waals surface area contributed by atoms with Gasteiger partial charge in [0.15, 0.2) is 5.82 Å². The molecule has 0 saturated carbocycles. The molecule has 6 nitrogen and oxygen atoms in total. The molecule has 4 aromatic rings. The second-order valence-corrected chi connectivity index (χ2v) is 8.57. The number of amides is 1. The number of nitrogens with zero attached hydrogens (tertiary/aromatic N) is 4. The maximum Gasteiger partial charge on any atom is 0.234 e. The number of carbonyl (C=O) groups excluding carboxylic acids is 1. The van der Waals surface area contributed by atoms with Crippen LogP contribution in [0.25, 0.3) is 11.3 Å². The third-order valence-corrected chi connectivity index (χ3v) is 6.46. The summed E-state index contributed by atoms with van der Waals surface area (Å²) in [5.41, 5.74) is 3.85. The van der Waals surface area contributed by atoms with E-state index in [1.807, 2.05) is 102 Å². The zero-order valence-electron chi connectivity index (χ0n) is 19.7. The van der Waals surface area contributed by atoms with E-state index in [1.54, 1.807) is 7.11 Å². The molecule has 6 heteroatoms. The number of anilines is 1. The quantitative estimate of drug-likeness (QED) is 0.416. The highest BCUT2D eigenvalue weighted by Gasteiger charge is 2.30. The lowest BCUT2D eigenvalue weighted by atomic mass is 9.90. The average molecular weight is 465 g/mol. The van der Waals surface area contributed by atoms with E-state index in [9.17, 15) is 4.79 Å². The first kappa shape index (κ1) is 22.6. The van der Waals surface area contributed by atoms with Crippen LogP contribution in [0.4, 0.5) is 5.82 Å². The molecule has 1 saturated heterocycles. The standard InChI is InChI=1S/C29H28N4O2/c1-35-25-14-12-22(13-15-25)26-16-17-27(31-30-26)32-18-20-33(21-19-32)29(34)28(23-8-4-2-5-9-23)24-10-6-3-7-11-24/h2-17,28H,18-21H2,1H3. The van der Waals surface area contributed by atoms with E-state index in [0.717, 1.165) is 47.0 Å². The van der Waals surface area contributed by atoms with Crippen molar-refractivity contribution in [1.29, 1.82) is 0 Å². The van der Waals surface area contributed by atoms with Gasteiger partial charge < -0.3 is 14.5 Å². The second-order valence-electron chi connectivity index (χ2n) is 8.57. The lowest BCUT2D eigenvalue weighted by Crippen LogP contribution is -2.50. The smallest absolute Gasteiger partial charge is 0.234 e. The van der Waals surface area contributed by atoms with Gasteiger partial charge in [-0.25, -0.2) is 0 Å². The van der Waals surface area contributed by atoms with Crippen molar-refractivity contribution in [3.05, 3.63) is 108 Å². The van der Waals surface area contributed by atoms with Crippen molar-refractivity contribution in [2.24, 2.45) is 0 Å². The third-order valence-electron chi connectivity index (χ3n) is 6.46. The molecular formula is C29H28N4O2. The van der Waals surface area contributed by atoms with Crippen LogP contribution >= 0.6 is 0 Å². The van der Waals surface area contributed by atoms with Gasteiger partial charge in [0.2, 0.25) is 5.91 Å². The van der Waals surface area contributed by atoms with Crippen molar-refractivity contribution >= 4 is 11.7 Å². The Morgan fingerprint density at radius 1 is 0.743 bits per heavy atom. The van der Waals surface area contributed by atoms with Crippen molar-refractivity contribution in [1.82, 2.24) is 15.1 Å². The molecule has 5 rings (SSSR count). The number of methoxy groups -OCH3 is 1. The maximum absolute atomic E-state index is 13.7. The van der Waals surface area contributed by atoms with Crippen LogP contribution in [0, 0.1) is 0 Å². The fourth-order valence-electron chi connectivity index (χ4n) is 4.52. The Balaban J connectivity index is 1.26. The van der Waals surface area contributed by atoms with Gasteiger partial charge in [0.1, 0.15) is 5.75 Å². The predicted octanol–water partition coefficient (Wildman–Crippen LogP) is 4.63. The van der Waals surface area contributed by atoms with E-state index < -0.39 is 0 Å². The molecule has 1 aromatic heterocycles. The number of rotatable bonds is 6. The summed E-state index contributed by atoms with van der Waals surface area (Å²) < 4.78 is 5.22. The summed E-state index contributed by atoms with van der Waals surface area (Å²) in [4.78, 5) is 17.8. The zero-order valence-corrected chi connectivity index (χ0v) is 19.7. The second kappa shape index (κ2) is 10.4. The van der Waals surface area contributed by atoms with Gasteiger partial charge in [-0.05, 0) is 47.5 Å². The monoisotopic (exact) mass is 464 g/mol. The fraction of sp³-hybridized carbons (Fsp3) is 0.207. The van der Waals surface area contributed by atoms with Gasteiger partial charge in [-0.2, -0.15) is 0 Å². The number of hydrogen-bond acceptors (Lipinski definition) is 5. The fourth-order valence-corrected chi connectivity index (χ4v) is 4.52. The number of benzene rings is 3. The summed E-state index contributed by atoms with van der Waals surface area (Å²) in [6.45, 7) is 2.74. The minimum absolute atomic E-state index is 0.142. The minimum atomic E-state index is -0.299. The molecule has 0 unspecified atom stereocenters. The van der Waals surface area contributed by atoms with Gasteiger partial charge in [-0.15, -0.1) is 10.2 Å². The number of ether oxygens (including phenoxy) is 1. The third kappa shape index (κ3) is 5.01. The molecular weight excluding hydrogens is 436 g/mol. The molecule has 176 valence electrons. The molecule has 3 aromatic carbocycles. The van der Waals surface area contributed by atoms with Crippen molar-refractivity contribution in [3.8, 4) is 17.0 Å². The normalized spacial score (nSPS) is 13.7. The highest BCUT2D eigenvalue weighted by atomic mass is 16.5. The van der Waals surface area contributed by atoms with Crippen LogP contribution in [0.3, 0.4) is 0 Å². The van der Waals surface area contributed by atoms with Gasteiger partial charge in [0, 0.05) is 31.7 Å². The summed E-state index contributed by atoms with van der Waals surface area (Å²) >= 11 is 0. The van der Waals surface area contributed by atoms with Crippen LogP contribution in [0.15, 0.2) is 97.1 Å². The Morgan fingerprint density at radius 2 is 1.34 bits per heavy atom. The van der Waals surface area contributed by atoms with Gasteiger partial charge in [0.05, 0.1) is 18.7 Å². The molecule has 1 aliphatic heterocycles. The number of aromatic nitrogens is 2. The van der Waals surface area contributed by atoms with E-state index in [0.29, 0.717) is 13.1 Å². The topological polar surface area (TPSA) is 58.6 Å². The van der Waals surface area contributed by atoms with Crippen LogP contribution in [-0.2, 0) is 4.79 Å². The lowest BCUT2D eigenvalue weighted by molar-refractivity contribution is -0.132. The Labute approximate surface area is 205 Å². The highest BCUT2D eigenvalue weighted by Crippen LogP contribution is 2.28. The van der Waals surface area contributed by atoms with Crippen molar-refractivity contribution in [3.63, 3.8) is 0 Å². The molecule has 0 radical (unpaired) electrons. The van der Waals surface area contributed by atoms with E-state index in [-0.39, 0.29) is 11.8 Å². The average Bonchev–Trinajstić information content (AvgIpc) is 2.94. The number of piperazine rings is 1. The molecule has 0 atom stereocenters. The first-order valence-corrected chi connectivity index (χ1v) is 11.8. The van der Waals surface area contributed by atoms with E-state index in [1.165, 1.54) is 0 Å². The molecule has 0 spiro atoms. The Morgan fingerprint density at radius 3 is 1.86 bits per heavy atom. The molecule has 0 aliphatic carbocycles. The largest absolute Gasteiger partial charge is 0.497 e. The first-order valence-electron chi connectivity index (χ1n) is 11.8. The highest BCUT2D eigenvalue weighted by molar-refractivity contribution is 5.87. The van der Waals surface area contributed by atoms with Crippen molar-refractivity contribution in [2.75, 3.05) is 38.2 Å². The van der Waals surface area contributed by atoms with Crippen LogP contribution in [-0.4, -0.2) is 54.3 Å². The van der Waals surface area contributed by atoms with Gasteiger partial charge in [-0.3, -0.25) is 4.79 Å². The summed E-state index contributed by atoms with van der Waals surface area (Å²) in [6, 6.07) is 31.8. The molecule has 1 amide bonds. The van der Waals surface area contributed by atoms with Crippen LogP contribution in [0.5, 0.6) is 5.75 Å². The summed E-state index contributed by atoms with van der Waals surface area (Å²) in [5.74, 6) is 1.49. The van der Waals surface area contributed by atoms with E-state index in [4.69, 9.17) is 4.74 Å². The number of carbonyl (C=O) groups is 1. The zero-order chi connectivity index (χ0) is 24.0. The molecule has 1 fully saturated rings. The lowest BCUT2D eigenvalue weighted by Gasteiger charge is -2.37. The van der Waals surface area contributed by atoms with Crippen LogP contribution < -0.4 is 9.64 Å². The first-order chi connectivity index (χ1) is 17.2. The van der Waals surface area contributed by atoms with E-state index >= 15 is 0 Å². The summed E-state index contributed by atoms with van der Waals surface area (Å²) in [7, 11) is 1.65. The maximum atomic E-state index is 13.7. The Kier molecular flexibility index (Phi) is 6.70. The molecule has 0 bridgehead atoms. The molecule has 2 heterocycles. The summed E-state index contributed by atoms with van der Waals surface area (Å²) in [5, 5.41) is 8.89. The Bertz CT molecular complexity index is 1200. The minimum Gasteiger partial charge on any atom is -0.497 e.